The molecule has 1 aromatic rings. The van der Waals surface area contributed by atoms with Crippen LogP contribution in [0, 0.1) is 11.8 Å². The number of hydrogen-bond acceptors (Lipinski definition) is 9. The van der Waals surface area contributed by atoms with E-state index < -0.39 is 58.0 Å². The van der Waals surface area contributed by atoms with Crippen molar-refractivity contribution >= 4 is 23.2 Å². The van der Waals surface area contributed by atoms with Gasteiger partial charge in [-0.1, -0.05) is 12.5 Å². The lowest BCUT2D eigenvalue weighted by molar-refractivity contribution is -0.153. The van der Waals surface area contributed by atoms with Crippen molar-refractivity contribution < 1.29 is 34.8 Å². The number of ketones is 2. The van der Waals surface area contributed by atoms with Gasteiger partial charge in [0.05, 0.1) is 11.6 Å². The zero-order valence-electron chi connectivity index (χ0n) is 21.0. The van der Waals surface area contributed by atoms with Gasteiger partial charge in [-0.15, -0.1) is 0 Å². The van der Waals surface area contributed by atoms with Crippen LogP contribution in [0.1, 0.15) is 42.4 Å². The molecule has 1 aromatic carbocycles. The van der Waals surface area contributed by atoms with E-state index in [1.807, 2.05) is 6.07 Å². The summed E-state index contributed by atoms with van der Waals surface area (Å²) in [5, 5.41) is 44.6. The van der Waals surface area contributed by atoms with Gasteiger partial charge in [-0.05, 0) is 76.0 Å². The summed E-state index contributed by atoms with van der Waals surface area (Å²) in [4.78, 5) is 42.9. The van der Waals surface area contributed by atoms with Crippen molar-refractivity contribution in [3.8, 4) is 5.75 Å². The van der Waals surface area contributed by atoms with E-state index in [1.165, 1.54) is 17.4 Å². The maximum Gasteiger partial charge on any atom is 0.255 e. The van der Waals surface area contributed by atoms with Gasteiger partial charge < -0.3 is 26.2 Å². The highest BCUT2D eigenvalue weighted by atomic mass is 16.3. The number of hydrogen-bond donors (Lipinski definition) is 5. The van der Waals surface area contributed by atoms with Gasteiger partial charge in [-0.3, -0.25) is 24.2 Å². The van der Waals surface area contributed by atoms with Crippen LogP contribution < -0.4 is 5.73 Å². The highest BCUT2D eigenvalue weighted by Gasteiger charge is 2.64. The summed E-state index contributed by atoms with van der Waals surface area (Å²) in [5.74, 6) is -6.35. The first kappa shape index (κ1) is 25.4. The van der Waals surface area contributed by atoms with Crippen molar-refractivity contribution in [3.63, 3.8) is 0 Å². The average Bonchev–Trinajstić information content (AvgIpc) is 2.83. The van der Waals surface area contributed by atoms with Crippen molar-refractivity contribution in [2.75, 3.05) is 27.2 Å². The SMILES string of the molecule is CN(C)C1C(=O)C(C(N)=O)=C(O)C2(O)C(=O)C3=C(O)c4c(O)ccc(CN5CCCCC5)c4CC3CC12. The number of aromatic hydroxyl groups is 1. The normalized spacial score (nSPS) is 30.3. The molecule has 10 nitrogen and oxygen atoms in total. The van der Waals surface area contributed by atoms with Gasteiger partial charge >= 0.3 is 0 Å². The van der Waals surface area contributed by atoms with Crippen LogP contribution in [0.4, 0.5) is 0 Å². The molecular formula is C27H33N3O7. The molecule has 1 amide bonds. The molecular weight excluding hydrogens is 478 g/mol. The third-order valence-corrected chi connectivity index (χ3v) is 8.54. The highest BCUT2D eigenvalue weighted by Crippen LogP contribution is 2.53. The fraction of sp³-hybridized carbons (Fsp3) is 0.519. The quantitative estimate of drug-likeness (QED) is 0.370. The van der Waals surface area contributed by atoms with Crippen molar-refractivity contribution in [2.24, 2.45) is 17.6 Å². The van der Waals surface area contributed by atoms with E-state index >= 15 is 0 Å². The Hall–Kier alpha value is -3.21. The van der Waals surface area contributed by atoms with Gasteiger partial charge in [0.15, 0.2) is 11.4 Å². The summed E-state index contributed by atoms with van der Waals surface area (Å²) in [6.45, 7) is 2.56. The largest absolute Gasteiger partial charge is 0.508 e. The number of likely N-dealkylation sites (tertiary alicyclic amines) is 1. The van der Waals surface area contributed by atoms with Gasteiger partial charge in [-0.25, -0.2) is 0 Å². The molecule has 4 aliphatic rings. The molecule has 6 N–H and O–H groups in total. The summed E-state index contributed by atoms with van der Waals surface area (Å²) in [6.07, 6.45) is 3.81. The van der Waals surface area contributed by atoms with Gasteiger partial charge in [0, 0.05) is 18.0 Å². The first-order valence-electron chi connectivity index (χ1n) is 12.7. The molecule has 0 aromatic heterocycles. The monoisotopic (exact) mass is 511 g/mol. The van der Waals surface area contributed by atoms with E-state index in [9.17, 15) is 34.8 Å². The van der Waals surface area contributed by atoms with Crippen LogP contribution in [-0.4, -0.2) is 86.5 Å². The zero-order chi connectivity index (χ0) is 26.8. The predicted octanol–water partition coefficient (Wildman–Crippen LogP) is 0.950. The molecule has 0 radical (unpaired) electrons. The molecule has 1 aliphatic heterocycles. The molecule has 4 atom stereocenters. The van der Waals surface area contributed by atoms with Crippen molar-refractivity contribution in [3.05, 3.63) is 45.7 Å². The predicted molar refractivity (Wildman–Crippen MR) is 133 cm³/mol. The minimum absolute atomic E-state index is 0.0879. The van der Waals surface area contributed by atoms with Crippen molar-refractivity contribution in [2.45, 2.75) is 50.3 Å². The lowest BCUT2D eigenvalue weighted by Crippen LogP contribution is -2.65. The number of amides is 1. The van der Waals surface area contributed by atoms with Crippen LogP contribution in [-0.2, 0) is 27.3 Å². The number of phenols is 1. The third-order valence-electron chi connectivity index (χ3n) is 8.54. The number of fused-ring (bicyclic) bond motifs is 3. The number of phenolic OH excluding ortho intramolecular Hbond substituents is 1. The Bertz CT molecular complexity index is 1260. The number of aliphatic hydroxyl groups excluding tert-OH is 2. The number of carbonyl (C=O) groups excluding carboxylic acids is 3. The number of likely N-dealkylation sites (N-methyl/N-ethyl adjacent to an activating group) is 1. The summed E-state index contributed by atoms with van der Waals surface area (Å²) in [7, 11) is 3.17. The molecule has 0 bridgehead atoms. The highest BCUT2D eigenvalue weighted by molar-refractivity contribution is 6.24. The molecule has 198 valence electrons. The zero-order valence-corrected chi connectivity index (χ0v) is 21.0. The van der Waals surface area contributed by atoms with Gasteiger partial charge in [0.25, 0.3) is 5.91 Å². The van der Waals surface area contributed by atoms with E-state index in [-0.39, 0.29) is 23.3 Å². The molecule has 1 heterocycles. The topological polar surface area (TPSA) is 165 Å². The minimum Gasteiger partial charge on any atom is -0.508 e. The number of piperidine rings is 1. The Kier molecular flexibility index (Phi) is 6.17. The van der Waals surface area contributed by atoms with Crippen LogP contribution in [0.15, 0.2) is 29.0 Å². The number of Topliss-reactive ketones (excluding diaryl/α,β-unsaturated/α-hetero) is 2. The molecule has 37 heavy (non-hydrogen) atoms. The van der Waals surface area contributed by atoms with Crippen LogP contribution in [0.2, 0.25) is 0 Å². The summed E-state index contributed by atoms with van der Waals surface area (Å²) in [6, 6.07) is 2.24. The fourth-order valence-electron chi connectivity index (χ4n) is 6.81. The lowest BCUT2D eigenvalue weighted by Gasteiger charge is -2.50. The van der Waals surface area contributed by atoms with Crippen LogP contribution >= 0.6 is 0 Å². The molecule has 3 aliphatic carbocycles. The summed E-state index contributed by atoms with van der Waals surface area (Å²) < 4.78 is 0. The van der Waals surface area contributed by atoms with Crippen LogP contribution in [0.3, 0.4) is 0 Å². The number of carbonyl (C=O) groups is 3. The summed E-state index contributed by atoms with van der Waals surface area (Å²) >= 11 is 0. The van der Waals surface area contributed by atoms with E-state index in [4.69, 9.17) is 5.73 Å². The maximum absolute atomic E-state index is 13.9. The Balaban J connectivity index is 1.65. The number of primary amides is 1. The van der Waals surface area contributed by atoms with Crippen molar-refractivity contribution in [1.82, 2.24) is 9.80 Å². The first-order valence-corrected chi connectivity index (χ1v) is 12.7. The Morgan fingerprint density at radius 3 is 2.43 bits per heavy atom. The van der Waals surface area contributed by atoms with Gasteiger partial charge in [0.1, 0.15) is 22.8 Å². The minimum atomic E-state index is -2.62. The van der Waals surface area contributed by atoms with E-state index in [0.717, 1.165) is 37.1 Å². The Morgan fingerprint density at radius 2 is 1.81 bits per heavy atom. The fourth-order valence-corrected chi connectivity index (χ4v) is 6.81. The smallest absolute Gasteiger partial charge is 0.255 e. The van der Waals surface area contributed by atoms with E-state index in [2.05, 4.69) is 4.90 Å². The van der Waals surface area contributed by atoms with Crippen LogP contribution in [0.25, 0.3) is 5.76 Å². The standard InChI is InChI=1S/C27H33N3O7/c1-29(2)21-16-11-14-10-15-13(12-30-8-4-3-5-9-30)6-7-17(31)19(15)22(32)18(14)24(34)27(16,37)25(35)20(23(21)33)26(28)36/h6-7,14,16,21,31-32,35,37H,3-5,8-12H2,1-2H3,(H2,28,36). The number of aliphatic hydroxyl groups is 3. The molecule has 5 rings (SSSR count). The Morgan fingerprint density at radius 1 is 1.14 bits per heavy atom. The van der Waals surface area contributed by atoms with E-state index in [1.54, 1.807) is 14.1 Å². The second-order valence-electron chi connectivity index (χ2n) is 10.9. The number of benzene rings is 1. The van der Waals surface area contributed by atoms with Crippen molar-refractivity contribution in [1.29, 1.82) is 0 Å². The molecule has 10 heteroatoms. The molecule has 0 spiro atoms. The summed E-state index contributed by atoms with van der Waals surface area (Å²) in [5.41, 5.74) is 3.61. The Labute approximate surface area is 214 Å². The van der Waals surface area contributed by atoms with E-state index in [0.29, 0.717) is 13.0 Å². The first-order chi connectivity index (χ1) is 17.5. The number of nitrogens with two attached hydrogens (primary N) is 1. The molecule has 2 fully saturated rings. The second-order valence-corrected chi connectivity index (χ2v) is 10.9. The number of rotatable bonds is 4. The number of nitrogens with zero attached hydrogens (tertiary/aromatic N) is 2. The molecule has 1 saturated carbocycles. The maximum atomic E-state index is 13.9. The van der Waals surface area contributed by atoms with Crippen LogP contribution in [0.5, 0.6) is 5.75 Å². The molecule has 4 unspecified atom stereocenters. The lowest BCUT2D eigenvalue weighted by atomic mass is 9.57. The molecule has 1 saturated heterocycles. The second kappa shape index (κ2) is 8.97. The average molecular weight is 512 g/mol. The van der Waals surface area contributed by atoms with Gasteiger partial charge in [-0.2, -0.15) is 0 Å². The third kappa shape index (κ3) is 3.69. The van der Waals surface area contributed by atoms with Gasteiger partial charge in [0.2, 0.25) is 5.78 Å².